The molecule has 5 heteroatoms. The van der Waals surface area contributed by atoms with Crippen LogP contribution in [0.5, 0.6) is 0 Å². The molecule has 2 amide bonds. The van der Waals surface area contributed by atoms with E-state index < -0.39 is 0 Å². The van der Waals surface area contributed by atoms with Gasteiger partial charge >= 0.3 is 0 Å². The molecule has 1 aromatic rings. The molecule has 1 heterocycles. The Hall–Kier alpha value is -1.88. The zero-order valence-electron chi connectivity index (χ0n) is 11.7. The number of piperidine rings is 1. The fraction of sp³-hybridized carbons (Fsp3) is 0.467. The van der Waals surface area contributed by atoms with Gasteiger partial charge in [-0.2, -0.15) is 0 Å². The molecule has 0 radical (unpaired) electrons. The molecule has 1 atom stereocenters. The predicted octanol–water partition coefficient (Wildman–Crippen LogP) is 1.06. The van der Waals surface area contributed by atoms with Crippen LogP contribution < -0.4 is 16.0 Å². The Balaban J connectivity index is 1.89. The molecule has 0 spiro atoms. The second-order valence-electron chi connectivity index (χ2n) is 5.04. The third-order valence-electron chi connectivity index (χ3n) is 3.49. The third kappa shape index (κ3) is 4.06. The lowest BCUT2D eigenvalue weighted by Crippen LogP contribution is -2.43. The summed E-state index contributed by atoms with van der Waals surface area (Å²) in [6.07, 6.45) is 3.48. The highest BCUT2D eigenvalue weighted by atomic mass is 16.2. The molecule has 0 bridgehead atoms. The lowest BCUT2D eigenvalue weighted by molar-refractivity contribution is -0.120. The molecule has 1 unspecified atom stereocenters. The number of anilines is 1. The summed E-state index contributed by atoms with van der Waals surface area (Å²) >= 11 is 0. The van der Waals surface area contributed by atoms with Crippen molar-refractivity contribution in [2.75, 3.05) is 18.9 Å². The van der Waals surface area contributed by atoms with E-state index in [1.807, 2.05) is 24.3 Å². The van der Waals surface area contributed by atoms with E-state index >= 15 is 0 Å². The maximum atomic E-state index is 12.0. The van der Waals surface area contributed by atoms with Crippen LogP contribution in [-0.2, 0) is 16.0 Å². The second-order valence-corrected chi connectivity index (χ2v) is 5.04. The van der Waals surface area contributed by atoms with Gasteiger partial charge < -0.3 is 16.0 Å². The van der Waals surface area contributed by atoms with Crippen LogP contribution in [-0.4, -0.2) is 31.4 Å². The quantitative estimate of drug-likeness (QED) is 0.769. The van der Waals surface area contributed by atoms with Gasteiger partial charge in [-0.25, -0.2) is 0 Å². The highest BCUT2D eigenvalue weighted by Gasteiger charge is 2.20. The Bertz CT molecular complexity index is 465. The Morgan fingerprint density at radius 3 is 2.60 bits per heavy atom. The van der Waals surface area contributed by atoms with Crippen LogP contribution in [0.2, 0.25) is 0 Å². The Kier molecular flexibility index (Phi) is 5.12. The molecule has 1 aromatic carbocycles. The van der Waals surface area contributed by atoms with Crippen LogP contribution in [0.3, 0.4) is 0 Å². The number of nitrogens with one attached hydrogen (secondary N) is 3. The average Bonchev–Trinajstić information content (AvgIpc) is 2.50. The van der Waals surface area contributed by atoms with Crippen molar-refractivity contribution in [1.29, 1.82) is 0 Å². The molecule has 2 rings (SSSR count). The summed E-state index contributed by atoms with van der Waals surface area (Å²) in [6.45, 7) is 0.906. The lowest BCUT2D eigenvalue weighted by atomic mass is 10.0. The molecule has 1 fully saturated rings. The molecule has 20 heavy (non-hydrogen) atoms. The molecule has 0 aliphatic carbocycles. The summed E-state index contributed by atoms with van der Waals surface area (Å²) in [6, 6.07) is 7.30. The molecular weight excluding hydrogens is 254 g/mol. The van der Waals surface area contributed by atoms with Crippen molar-refractivity contribution in [1.82, 2.24) is 10.6 Å². The summed E-state index contributed by atoms with van der Waals surface area (Å²) in [5.41, 5.74) is 1.70. The first-order valence-corrected chi connectivity index (χ1v) is 7.03. The first-order chi connectivity index (χ1) is 9.69. The fourth-order valence-corrected chi connectivity index (χ4v) is 2.28. The first kappa shape index (κ1) is 14.5. The molecule has 1 saturated heterocycles. The molecule has 3 N–H and O–H groups in total. The maximum Gasteiger partial charge on any atom is 0.241 e. The number of benzene rings is 1. The SMILES string of the molecule is CNC(=O)Cc1ccc(NC(=O)C2CCCCN2)cc1. The van der Waals surface area contributed by atoms with Gasteiger partial charge in [0.15, 0.2) is 0 Å². The van der Waals surface area contributed by atoms with Crippen molar-refractivity contribution >= 4 is 17.5 Å². The number of rotatable bonds is 4. The summed E-state index contributed by atoms with van der Waals surface area (Å²) in [5.74, 6) is -0.00283. The number of carbonyl (C=O) groups excluding carboxylic acids is 2. The molecule has 0 aromatic heterocycles. The van der Waals surface area contributed by atoms with E-state index in [0.717, 1.165) is 37.1 Å². The number of amides is 2. The molecular formula is C15H21N3O2. The minimum absolute atomic E-state index is 0.0174. The van der Waals surface area contributed by atoms with Crippen LogP contribution >= 0.6 is 0 Å². The smallest absolute Gasteiger partial charge is 0.241 e. The summed E-state index contributed by atoms with van der Waals surface area (Å²) < 4.78 is 0. The van der Waals surface area contributed by atoms with Crippen LogP contribution in [0, 0.1) is 0 Å². The van der Waals surface area contributed by atoms with Gasteiger partial charge in [0.2, 0.25) is 11.8 Å². The van der Waals surface area contributed by atoms with Crippen molar-refractivity contribution in [2.24, 2.45) is 0 Å². The lowest BCUT2D eigenvalue weighted by Gasteiger charge is -2.22. The standard InChI is InChI=1S/C15H21N3O2/c1-16-14(19)10-11-5-7-12(8-6-11)18-15(20)13-4-2-3-9-17-13/h5-8,13,17H,2-4,9-10H2,1H3,(H,16,19)(H,18,20). The van der Waals surface area contributed by atoms with Gasteiger partial charge in [-0.1, -0.05) is 18.6 Å². The van der Waals surface area contributed by atoms with Crippen LogP contribution in [0.25, 0.3) is 0 Å². The minimum atomic E-state index is -0.0886. The summed E-state index contributed by atoms with van der Waals surface area (Å²) in [4.78, 5) is 23.3. The average molecular weight is 275 g/mol. The number of carbonyl (C=O) groups is 2. The number of likely N-dealkylation sites (N-methyl/N-ethyl adjacent to an activating group) is 1. The summed E-state index contributed by atoms with van der Waals surface area (Å²) in [5, 5.41) is 8.71. The predicted molar refractivity (Wildman–Crippen MR) is 78.5 cm³/mol. The molecule has 1 aliphatic heterocycles. The van der Waals surface area contributed by atoms with Crippen molar-refractivity contribution in [3.63, 3.8) is 0 Å². The first-order valence-electron chi connectivity index (χ1n) is 7.03. The number of hydrogen-bond acceptors (Lipinski definition) is 3. The normalized spacial score (nSPS) is 18.4. The molecule has 1 aliphatic rings. The van der Waals surface area contributed by atoms with Gasteiger partial charge in [-0.3, -0.25) is 9.59 Å². The van der Waals surface area contributed by atoms with Crippen molar-refractivity contribution in [2.45, 2.75) is 31.7 Å². The maximum absolute atomic E-state index is 12.0. The molecule has 5 nitrogen and oxygen atoms in total. The Morgan fingerprint density at radius 2 is 2.00 bits per heavy atom. The van der Waals surface area contributed by atoms with E-state index in [1.165, 1.54) is 0 Å². The second kappa shape index (κ2) is 7.05. The minimum Gasteiger partial charge on any atom is -0.359 e. The van der Waals surface area contributed by atoms with E-state index in [1.54, 1.807) is 7.05 Å². The fourth-order valence-electron chi connectivity index (χ4n) is 2.28. The zero-order valence-corrected chi connectivity index (χ0v) is 11.7. The van der Waals surface area contributed by atoms with Crippen LogP contribution in [0.1, 0.15) is 24.8 Å². The van der Waals surface area contributed by atoms with Gasteiger partial charge in [0.05, 0.1) is 12.5 Å². The van der Waals surface area contributed by atoms with Gasteiger partial charge in [0.1, 0.15) is 0 Å². The molecule has 108 valence electrons. The van der Waals surface area contributed by atoms with E-state index in [9.17, 15) is 9.59 Å². The number of hydrogen-bond donors (Lipinski definition) is 3. The van der Waals surface area contributed by atoms with E-state index in [0.29, 0.717) is 6.42 Å². The summed E-state index contributed by atoms with van der Waals surface area (Å²) in [7, 11) is 1.62. The highest BCUT2D eigenvalue weighted by molar-refractivity contribution is 5.94. The van der Waals surface area contributed by atoms with Crippen LogP contribution in [0.15, 0.2) is 24.3 Å². The van der Waals surface area contributed by atoms with Gasteiger partial charge in [0, 0.05) is 12.7 Å². The van der Waals surface area contributed by atoms with Gasteiger partial charge in [0.25, 0.3) is 0 Å². The van der Waals surface area contributed by atoms with Crippen molar-refractivity contribution < 1.29 is 9.59 Å². The Labute approximate surface area is 119 Å². The topological polar surface area (TPSA) is 70.2 Å². The largest absolute Gasteiger partial charge is 0.359 e. The van der Waals surface area contributed by atoms with Crippen molar-refractivity contribution in [3.05, 3.63) is 29.8 Å². The van der Waals surface area contributed by atoms with Gasteiger partial charge in [-0.15, -0.1) is 0 Å². The van der Waals surface area contributed by atoms with E-state index in [-0.39, 0.29) is 17.9 Å². The van der Waals surface area contributed by atoms with Crippen molar-refractivity contribution in [3.8, 4) is 0 Å². The van der Waals surface area contributed by atoms with E-state index in [4.69, 9.17) is 0 Å². The third-order valence-corrected chi connectivity index (χ3v) is 3.49. The van der Waals surface area contributed by atoms with Gasteiger partial charge in [-0.05, 0) is 37.1 Å². The Morgan fingerprint density at radius 1 is 1.25 bits per heavy atom. The van der Waals surface area contributed by atoms with E-state index in [2.05, 4.69) is 16.0 Å². The zero-order chi connectivity index (χ0) is 14.4. The highest BCUT2D eigenvalue weighted by Crippen LogP contribution is 2.13. The molecule has 0 saturated carbocycles. The van der Waals surface area contributed by atoms with Crippen LogP contribution in [0.4, 0.5) is 5.69 Å². The monoisotopic (exact) mass is 275 g/mol.